The minimum absolute atomic E-state index is 0.0935. The fourth-order valence-corrected chi connectivity index (χ4v) is 8.19. The predicted octanol–water partition coefficient (Wildman–Crippen LogP) is 5.51. The summed E-state index contributed by atoms with van der Waals surface area (Å²) >= 11 is 0. The molecule has 13 heteroatoms. The predicted molar refractivity (Wildman–Crippen MR) is 237 cm³/mol. The maximum atomic E-state index is 14.5. The number of rotatable bonds is 20. The van der Waals surface area contributed by atoms with E-state index >= 15 is 0 Å². The van der Waals surface area contributed by atoms with Crippen molar-refractivity contribution in [2.24, 2.45) is 17.8 Å². The van der Waals surface area contributed by atoms with Gasteiger partial charge in [-0.1, -0.05) is 102 Å². The molecule has 1 aliphatic rings. The van der Waals surface area contributed by atoms with Crippen LogP contribution >= 0.6 is 0 Å². The van der Waals surface area contributed by atoms with E-state index in [-0.39, 0.29) is 42.0 Å². The molecular formula is C48H68N6O7. The van der Waals surface area contributed by atoms with Crippen molar-refractivity contribution in [2.75, 3.05) is 34.9 Å². The largest absolute Gasteiger partial charge is 0.497 e. The van der Waals surface area contributed by atoms with Gasteiger partial charge in [0.15, 0.2) is 0 Å². The monoisotopic (exact) mass is 841 g/mol. The molecule has 13 nitrogen and oxygen atoms in total. The third-order valence-corrected chi connectivity index (χ3v) is 11.7. The first-order chi connectivity index (χ1) is 29.0. The number of amides is 5. The van der Waals surface area contributed by atoms with Gasteiger partial charge in [0, 0.05) is 51.9 Å². The number of nitrogens with zero attached hydrogens (tertiary/aromatic N) is 4. The molecule has 0 saturated carbocycles. The Balaban J connectivity index is 1.48. The Morgan fingerprint density at radius 1 is 0.721 bits per heavy atom. The van der Waals surface area contributed by atoms with Crippen LogP contribution in [0.5, 0.6) is 11.5 Å². The van der Waals surface area contributed by atoms with Gasteiger partial charge in [0.25, 0.3) is 0 Å². The van der Waals surface area contributed by atoms with Crippen LogP contribution in [-0.2, 0) is 43.6 Å². The molecule has 0 aromatic heterocycles. The zero-order valence-corrected chi connectivity index (χ0v) is 38.0. The topological polar surface area (TPSA) is 141 Å². The first kappa shape index (κ1) is 48.2. The summed E-state index contributed by atoms with van der Waals surface area (Å²) in [6.07, 6.45) is 1.13. The summed E-state index contributed by atoms with van der Waals surface area (Å²) in [6, 6.07) is 21.3. The van der Waals surface area contributed by atoms with Gasteiger partial charge in [0.1, 0.15) is 35.7 Å². The van der Waals surface area contributed by atoms with Gasteiger partial charge < -0.3 is 34.8 Å². The summed E-state index contributed by atoms with van der Waals surface area (Å²) in [6.45, 7) is 14.8. The number of likely N-dealkylation sites (N-methyl/N-ethyl adjacent to an activating group) is 2. The highest BCUT2D eigenvalue weighted by Gasteiger charge is 2.42. The number of hydrogen-bond donors (Lipinski definition) is 2. The van der Waals surface area contributed by atoms with Crippen LogP contribution in [-0.4, -0.2) is 114 Å². The molecule has 0 bridgehead atoms. The van der Waals surface area contributed by atoms with Gasteiger partial charge in [-0.05, 0) is 60.8 Å². The summed E-state index contributed by atoms with van der Waals surface area (Å²) in [5.41, 5.74) is 2.90. The molecule has 5 atom stereocenters. The third kappa shape index (κ3) is 12.3. The summed E-state index contributed by atoms with van der Waals surface area (Å²) in [5.74, 6) is -1.24. The normalized spacial score (nSPS) is 15.9. The molecule has 0 aliphatic carbocycles. The lowest BCUT2D eigenvalue weighted by Gasteiger charge is -2.39. The lowest BCUT2D eigenvalue weighted by molar-refractivity contribution is -0.153. The molecule has 0 unspecified atom stereocenters. The molecule has 1 saturated heterocycles. The molecule has 1 aliphatic heterocycles. The summed E-state index contributed by atoms with van der Waals surface area (Å²) in [4.78, 5) is 77.4. The molecule has 1 heterocycles. The van der Waals surface area contributed by atoms with Crippen molar-refractivity contribution in [1.29, 1.82) is 0 Å². The Bertz CT molecular complexity index is 1880. The average Bonchev–Trinajstić information content (AvgIpc) is 3.74. The smallest absolute Gasteiger partial charge is 0.246 e. The first-order valence-corrected chi connectivity index (χ1v) is 21.4. The lowest BCUT2D eigenvalue weighted by Crippen LogP contribution is -2.61. The van der Waals surface area contributed by atoms with Crippen LogP contribution in [0.2, 0.25) is 0 Å². The molecule has 3 aromatic rings. The van der Waals surface area contributed by atoms with E-state index in [2.05, 4.69) is 15.5 Å². The number of likely N-dealkylation sites (tertiary alicyclic amines) is 1. The highest BCUT2D eigenvalue weighted by molar-refractivity contribution is 5.96. The molecule has 0 spiro atoms. The zero-order valence-electron chi connectivity index (χ0n) is 38.0. The average molecular weight is 841 g/mol. The van der Waals surface area contributed by atoms with Crippen molar-refractivity contribution >= 4 is 29.5 Å². The van der Waals surface area contributed by atoms with E-state index in [0.29, 0.717) is 44.0 Å². The van der Waals surface area contributed by atoms with Crippen molar-refractivity contribution < 1.29 is 33.4 Å². The van der Waals surface area contributed by atoms with E-state index in [1.807, 2.05) is 108 Å². The quantitative estimate of drug-likeness (QED) is 0.152. The number of ether oxygens (including phenoxy) is 2. The second-order valence-corrected chi connectivity index (χ2v) is 17.1. The maximum absolute atomic E-state index is 14.5. The van der Waals surface area contributed by atoms with Crippen LogP contribution in [0.3, 0.4) is 0 Å². The van der Waals surface area contributed by atoms with Crippen molar-refractivity contribution in [3.8, 4) is 11.5 Å². The van der Waals surface area contributed by atoms with Gasteiger partial charge in [0.2, 0.25) is 29.5 Å². The summed E-state index contributed by atoms with van der Waals surface area (Å²) < 4.78 is 10.8. The molecule has 5 amide bonds. The van der Waals surface area contributed by atoms with Gasteiger partial charge in [-0.15, -0.1) is 0 Å². The molecule has 61 heavy (non-hydrogen) atoms. The number of methoxy groups -OCH3 is 2. The molecule has 2 N–H and O–H groups in total. The maximum Gasteiger partial charge on any atom is 0.246 e. The van der Waals surface area contributed by atoms with E-state index in [0.717, 1.165) is 16.7 Å². The fourth-order valence-electron chi connectivity index (χ4n) is 8.19. The second kappa shape index (κ2) is 22.4. The second-order valence-electron chi connectivity index (χ2n) is 17.1. The van der Waals surface area contributed by atoms with E-state index in [1.165, 1.54) is 9.80 Å². The Hall–Kier alpha value is -5.43. The van der Waals surface area contributed by atoms with E-state index in [4.69, 9.17) is 9.47 Å². The first-order valence-electron chi connectivity index (χ1n) is 21.4. The lowest BCUT2D eigenvalue weighted by atomic mass is 9.95. The molecular weight excluding hydrogens is 773 g/mol. The molecule has 0 radical (unpaired) electrons. The van der Waals surface area contributed by atoms with E-state index in [9.17, 15) is 24.0 Å². The van der Waals surface area contributed by atoms with Crippen LogP contribution in [0, 0.1) is 17.8 Å². The third-order valence-electron chi connectivity index (χ3n) is 11.7. The minimum Gasteiger partial charge on any atom is -0.497 e. The van der Waals surface area contributed by atoms with Gasteiger partial charge >= 0.3 is 0 Å². The van der Waals surface area contributed by atoms with Crippen LogP contribution in [0.1, 0.15) is 78.0 Å². The number of carbonyl (C=O) groups is 5. The van der Waals surface area contributed by atoms with Crippen LogP contribution in [0.25, 0.3) is 0 Å². The van der Waals surface area contributed by atoms with Gasteiger partial charge in [0.05, 0.1) is 20.3 Å². The highest BCUT2D eigenvalue weighted by Crippen LogP contribution is 2.26. The van der Waals surface area contributed by atoms with Gasteiger partial charge in [-0.2, -0.15) is 0 Å². The molecule has 3 aromatic carbocycles. The molecule has 1 fully saturated rings. The van der Waals surface area contributed by atoms with Crippen molar-refractivity contribution in [3.63, 3.8) is 0 Å². The van der Waals surface area contributed by atoms with E-state index in [1.54, 1.807) is 52.3 Å². The van der Waals surface area contributed by atoms with Crippen molar-refractivity contribution in [1.82, 2.24) is 30.2 Å². The van der Waals surface area contributed by atoms with Crippen LogP contribution in [0.15, 0.2) is 78.9 Å². The molecule has 332 valence electrons. The van der Waals surface area contributed by atoms with Crippen molar-refractivity contribution in [3.05, 3.63) is 95.6 Å². The number of hydrogen-bond acceptors (Lipinski definition) is 8. The zero-order chi connectivity index (χ0) is 45.0. The number of benzene rings is 3. The molecule has 4 rings (SSSR count). The van der Waals surface area contributed by atoms with Gasteiger partial charge in [-0.25, -0.2) is 0 Å². The highest BCUT2D eigenvalue weighted by atomic mass is 16.5. The van der Waals surface area contributed by atoms with E-state index < -0.39 is 42.0 Å². The van der Waals surface area contributed by atoms with Crippen LogP contribution in [0.4, 0.5) is 0 Å². The Morgan fingerprint density at radius 3 is 1.80 bits per heavy atom. The SMILES string of the molecule is COc1ccc(CNC(=O)[C@@H]2CCCN2C(=O)[C@@H](C)N(C)C(=O)[C@H](C(C)C)N(C)C(=O)[C@@H](NC(=O)[C@H](C(C)C)N(Cc2ccccc2)Cc2ccccc2)C(C)C)c(OC)c1. The Kier molecular flexibility index (Phi) is 17.7. The van der Waals surface area contributed by atoms with Gasteiger partial charge in [-0.3, -0.25) is 28.9 Å². The number of nitrogens with one attached hydrogen (secondary N) is 2. The minimum atomic E-state index is -0.934. The fraction of sp³-hybridized carbons (Fsp3) is 0.521. The Labute approximate surface area is 363 Å². The summed E-state index contributed by atoms with van der Waals surface area (Å²) in [7, 11) is 6.26. The standard InChI is InChI=1S/C48H68N6O7/c1-31(2)41(50-45(56)42(32(3)4)53(29-35-19-14-12-15-20-35)30-36-21-16-13-17-22-36)47(58)52(9)43(33(5)6)48(59)51(8)34(7)46(57)54-26-18-23-39(54)44(55)49-28-37-24-25-38(60-10)27-40(37)61-11/h12-17,19-22,24-25,27,31-34,39,41-43H,18,23,26,28-30H2,1-11H3,(H,49,55)(H,50,56)/t34-,39+,41+,42+,43+/m1/s1. The Morgan fingerprint density at radius 2 is 1.30 bits per heavy atom. The summed E-state index contributed by atoms with van der Waals surface area (Å²) in [5, 5.41) is 6.06. The van der Waals surface area contributed by atoms with Crippen LogP contribution < -0.4 is 20.1 Å². The van der Waals surface area contributed by atoms with Crippen molar-refractivity contribution in [2.45, 2.75) is 111 Å². The number of carbonyl (C=O) groups excluding carboxylic acids is 5.